The third kappa shape index (κ3) is 2.10. The number of rotatable bonds is 3. The van der Waals surface area contributed by atoms with E-state index in [9.17, 15) is 0 Å². The third-order valence-electron chi connectivity index (χ3n) is 6.12. The van der Waals surface area contributed by atoms with Gasteiger partial charge >= 0.3 is 0 Å². The Hall–Kier alpha value is -1.64. The molecule has 0 atom stereocenters. The second-order valence-corrected chi connectivity index (χ2v) is 7.90. The first-order chi connectivity index (χ1) is 10.8. The Morgan fingerprint density at radius 1 is 0.955 bits per heavy atom. The second-order valence-electron chi connectivity index (χ2n) is 7.90. The Kier molecular flexibility index (Phi) is 2.73. The van der Waals surface area contributed by atoms with Gasteiger partial charge < -0.3 is 4.74 Å². The van der Waals surface area contributed by atoms with Gasteiger partial charge in [-0.25, -0.2) is 9.97 Å². The van der Waals surface area contributed by atoms with Crippen molar-refractivity contribution in [3.8, 4) is 5.88 Å². The number of para-hydroxylation sites is 2. The van der Waals surface area contributed by atoms with Crippen LogP contribution in [0.1, 0.15) is 38.5 Å². The summed E-state index contributed by atoms with van der Waals surface area (Å²) in [5.41, 5.74) is 2.29. The van der Waals surface area contributed by atoms with Crippen molar-refractivity contribution in [3.63, 3.8) is 0 Å². The molecule has 1 aromatic heterocycles. The molecule has 0 aliphatic heterocycles. The number of aromatic nitrogens is 2. The van der Waals surface area contributed by atoms with Crippen LogP contribution < -0.4 is 4.74 Å². The summed E-state index contributed by atoms with van der Waals surface area (Å²) in [4.78, 5) is 9.07. The highest BCUT2D eigenvalue weighted by Crippen LogP contribution is 2.59. The minimum Gasteiger partial charge on any atom is -0.476 e. The predicted octanol–water partition coefficient (Wildman–Crippen LogP) is 4.23. The lowest BCUT2D eigenvalue weighted by Crippen LogP contribution is -2.48. The zero-order chi connectivity index (χ0) is 14.6. The molecule has 4 fully saturated rings. The van der Waals surface area contributed by atoms with Gasteiger partial charge in [0.2, 0.25) is 5.88 Å². The van der Waals surface area contributed by atoms with Crippen molar-refractivity contribution < 1.29 is 4.74 Å². The van der Waals surface area contributed by atoms with E-state index >= 15 is 0 Å². The van der Waals surface area contributed by atoms with Gasteiger partial charge in [-0.1, -0.05) is 12.1 Å². The van der Waals surface area contributed by atoms with Gasteiger partial charge in [0.15, 0.2) is 0 Å². The molecule has 0 saturated heterocycles. The van der Waals surface area contributed by atoms with Crippen LogP contribution in [0.5, 0.6) is 5.88 Å². The summed E-state index contributed by atoms with van der Waals surface area (Å²) in [5, 5.41) is 0. The summed E-state index contributed by atoms with van der Waals surface area (Å²) in [6, 6.07) is 7.98. The van der Waals surface area contributed by atoms with E-state index in [-0.39, 0.29) is 0 Å². The molecule has 0 amide bonds. The van der Waals surface area contributed by atoms with Gasteiger partial charge in [0.1, 0.15) is 0 Å². The van der Waals surface area contributed by atoms with Crippen LogP contribution in [0.3, 0.4) is 0 Å². The fourth-order valence-electron chi connectivity index (χ4n) is 5.70. The smallest absolute Gasteiger partial charge is 0.232 e. The Labute approximate surface area is 131 Å². The lowest BCUT2D eigenvalue weighted by atomic mass is 9.50. The number of ether oxygens (including phenoxy) is 1. The molecule has 6 rings (SSSR count). The average molecular weight is 294 g/mol. The molecule has 114 valence electrons. The van der Waals surface area contributed by atoms with E-state index in [0.717, 1.165) is 35.4 Å². The molecule has 4 aliphatic carbocycles. The molecule has 4 aliphatic rings. The van der Waals surface area contributed by atoms with Gasteiger partial charge in [0.25, 0.3) is 0 Å². The van der Waals surface area contributed by atoms with Crippen LogP contribution in [0.25, 0.3) is 11.0 Å². The molecule has 4 bridgehead atoms. The summed E-state index contributed by atoms with van der Waals surface area (Å²) in [6.45, 7) is 0.837. The third-order valence-corrected chi connectivity index (χ3v) is 6.12. The molecule has 4 saturated carbocycles. The number of fused-ring (bicyclic) bond motifs is 1. The van der Waals surface area contributed by atoms with Crippen molar-refractivity contribution in [2.24, 2.45) is 23.2 Å². The molecular weight excluding hydrogens is 272 g/mol. The molecule has 0 N–H and O–H groups in total. The fraction of sp³-hybridized carbons (Fsp3) is 0.579. The van der Waals surface area contributed by atoms with Gasteiger partial charge in [0.05, 0.1) is 23.8 Å². The molecule has 22 heavy (non-hydrogen) atoms. The zero-order valence-corrected chi connectivity index (χ0v) is 12.9. The normalized spacial score (nSPS) is 35.9. The standard InChI is InChI=1S/C19H22N2O/c1-2-4-17-16(3-1)20-11-18(21-17)22-12-19-8-13-5-14(9-19)7-15(6-13)10-19/h1-4,11,13-15H,5-10,12H2. The van der Waals surface area contributed by atoms with Crippen LogP contribution >= 0.6 is 0 Å². The van der Waals surface area contributed by atoms with E-state index in [1.165, 1.54) is 38.5 Å². The second kappa shape index (κ2) is 4.68. The van der Waals surface area contributed by atoms with E-state index < -0.39 is 0 Å². The Balaban J connectivity index is 1.35. The highest BCUT2D eigenvalue weighted by Gasteiger charge is 2.51. The Morgan fingerprint density at radius 3 is 2.27 bits per heavy atom. The number of hydrogen-bond acceptors (Lipinski definition) is 3. The minimum atomic E-state index is 0.433. The molecule has 3 heteroatoms. The largest absolute Gasteiger partial charge is 0.476 e. The number of benzene rings is 1. The Bertz CT molecular complexity index is 676. The van der Waals surface area contributed by atoms with Crippen LogP contribution in [0.4, 0.5) is 0 Å². The van der Waals surface area contributed by atoms with Crippen molar-refractivity contribution in [1.82, 2.24) is 9.97 Å². The first kappa shape index (κ1) is 12.9. The fourth-order valence-corrected chi connectivity index (χ4v) is 5.70. The number of hydrogen-bond donors (Lipinski definition) is 0. The maximum absolute atomic E-state index is 6.13. The van der Waals surface area contributed by atoms with Gasteiger partial charge in [0, 0.05) is 5.41 Å². The molecule has 0 unspecified atom stereocenters. The van der Waals surface area contributed by atoms with Crippen LogP contribution in [-0.4, -0.2) is 16.6 Å². The van der Waals surface area contributed by atoms with Crippen LogP contribution in [0.15, 0.2) is 30.5 Å². The van der Waals surface area contributed by atoms with Crippen molar-refractivity contribution in [2.45, 2.75) is 38.5 Å². The summed E-state index contributed by atoms with van der Waals surface area (Å²) in [5.74, 6) is 3.60. The highest BCUT2D eigenvalue weighted by molar-refractivity contribution is 5.73. The maximum Gasteiger partial charge on any atom is 0.232 e. The minimum absolute atomic E-state index is 0.433. The van der Waals surface area contributed by atoms with Gasteiger partial charge in [-0.15, -0.1) is 0 Å². The summed E-state index contributed by atoms with van der Waals surface area (Å²) in [6.07, 6.45) is 10.3. The van der Waals surface area contributed by atoms with E-state index in [2.05, 4.69) is 9.97 Å². The summed E-state index contributed by atoms with van der Waals surface area (Å²) >= 11 is 0. The monoisotopic (exact) mass is 294 g/mol. The first-order valence-electron chi connectivity index (χ1n) is 8.63. The molecule has 0 spiro atoms. The summed E-state index contributed by atoms with van der Waals surface area (Å²) < 4.78 is 6.13. The lowest BCUT2D eigenvalue weighted by Gasteiger charge is -2.56. The Morgan fingerprint density at radius 2 is 1.59 bits per heavy atom. The first-order valence-corrected chi connectivity index (χ1v) is 8.63. The van der Waals surface area contributed by atoms with E-state index in [0.29, 0.717) is 11.3 Å². The van der Waals surface area contributed by atoms with E-state index in [1.807, 2.05) is 24.3 Å². The number of nitrogens with zero attached hydrogens (tertiary/aromatic N) is 2. The van der Waals surface area contributed by atoms with Crippen LogP contribution in [0, 0.1) is 23.2 Å². The maximum atomic E-state index is 6.13. The molecule has 2 aromatic rings. The molecule has 1 aromatic carbocycles. The molecular formula is C19H22N2O. The molecule has 1 heterocycles. The average Bonchev–Trinajstić information content (AvgIpc) is 2.52. The van der Waals surface area contributed by atoms with Gasteiger partial charge in [-0.2, -0.15) is 0 Å². The van der Waals surface area contributed by atoms with Crippen LogP contribution in [0.2, 0.25) is 0 Å². The van der Waals surface area contributed by atoms with Crippen molar-refractivity contribution in [2.75, 3.05) is 6.61 Å². The van der Waals surface area contributed by atoms with Gasteiger partial charge in [-0.05, 0) is 68.4 Å². The highest BCUT2D eigenvalue weighted by atomic mass is 16.5. The van der Waals surface area contributed by atoms with Crippen molar-refractivity contribution in [1.29, 1.82) is 0 Å². The lowest BCUT2D eigenvalue weighted by molar-refractivity contribution is -0.0751. The zero-order valence-electron chi connectivity index (χ0n) is 12.9. The quantitative estimate of drug-likeness (QED) is 0.850. The van der Waals surface area contributed by atoms with Crippen molar-refractivity contribution >= 4 is 11.0 Å². The van der Waals surface area contributed by atoms with Crippen molar-refractivity contribution in [3.05, 3.63) is 30.5 Å². The van der Waals surface area contributed by atoms with Crippen LogP contribution in [-0.2, 0) is 0 Å². The predicted molar refractivity (Wildman–Crippen MR) is 85.6 cm³/mol. The summed E-state index contributed by atoms with van der Waals surface area (Å²) in [7, 11) is 0. The van der Waals surface area contributed by atoms with E-state index in [4.69, 9.17) is 4.74 Å². The topological polar surface area (TPSA) is 35.0 Å². The SMILES string of the molecule is c1ccc2nc(OCC34CC5CC(CC(C5)C3)C4)cnc2c1. The molecule has 0 radical (unpaired) electrons. The van der Waals surface area contributed by atoms with Gasteiger partial charge in [-0.3, -0.25) is 0 Å². The molecule has 3 nitrogen and oxygen atoms in total. The van der Waals surface area contributed by atoms with E-state index in [1.54, 1.807) is 6.20 Å².